The van der Waals surface area contributed by atoms with Crippen LogP contribution in [-0.2, 0) is 11.0 Å². The van der Waals surface area contributed by atoms with Crippen molar-refractivity contribution < 1.29 is 10.2 Å². The SMILES string of the molecule is CC(C)(O)c1ccc2c(c1)C(O)CC1C(C)(C)CCCC21C. The Morgan fingerprint density at radius 3 is 2.45 bits per heavy atom. The van der Waals surface area contributed by atoms with Crippen molar-refractivity contribution in [1.82, 2.24) is 0 Å². The van der Waals surface area contributed by atoms with E-state index < -0.39 is 11.7 Å². The van der Waals surface area contributed by atoms with E-state index in [-0.39, 0.29) is 10.8 Å². The second-order valence-electron chi connectivity index (χ2n) is 8.92. The Labute approximate surface area is 134 Å². The minimum Gasteiger partial charge on any atom is -0.388 e. The van der Waals surface area contributed by atoms with Crippen LogP contribution in [0.5, 0.6) is 0 Å². The average Bonchev–Trinajstić information content (AvgIpc) is 2.40. The molecule has 1 saturated carbocycles. The fourth-order valence-electron chi connectivity index (χ4n) is 5.11. The number of benzene rings is 1. The van der Waals surface area contributed by atoms with Crippen LogP contribution >= 0.6 is 0 Å². The fraction of sp³-hybridized carbons (Fsp3) is 0.700. The minimum absolute atomic E-state index is 0.147. The first-order valence-corrected chi connectivity index (χ1v) is 8.61. The quantitative estimate of drug-likeness (QED) is 0.805. The molecule has 22 heavy (non-hydrogen) atoms. The maximum atomic E-state index is 10.8. The summed E-state index contributed by atoms with van der Waals surface area (Å²) in [5, 5.41) is 21.0. The van der Waals surface area contributed by atoms with Crippen molar-refractivity contribution in [2.45, 2.75) is 77.4 Å². The summed E-state index contributed by atoms with van der Waals surface area (Å²) < 4.78 is 0. The highest BCUT2D eigenvalue weighted by atomic mass is 16.3. The summed E-state index contributed by atoms with van der Waals surface area (Å²) >= 11 is 0. The Morgan fingerprint density at radius 1 is 1.14 bits per heavy atom. The number of hydrogen-bond acceptors (Lipinski definition) is 2. The molecule has 0 heterocycles. The molecule has 1 fully saturated rings. The molecule has 0 aliphatic heterocycles. The summed E-state index contributed by atoms with van der Waals surface area (Å²) in [4.78, 5) is 0. The first-order valence-electron chi connectivity index (χ1n) is 8.61. The second-order valence-corrected chi connectivity index (χ2v) is 8.92. The maximum Gasteiger partial charge on any atom is 0.0840 e. The van der Waals surface area contributed by atoms with Crippen LogP contribution in [-0.4, -0.2) is 10.2 Å². The van der Waals surface area contributed by atoms with Gasteiger partial charge < -0.3 is 10.2 Å². The zero-order chi connectivity index (χ0) is 16.3. The Hall–Kier alpha value is -0.860. The van der Waals surface area contributed by atoms with Gasteiger partial charge in [-0.15, -0.1) is 0 Å². The molecule has 2 heteroatoms. The minimum atomic E-state index is -0.863. The van der Waals surface area contributed by atoms with Gasteiger partial charge >= 0.3 is 0 Å². The molecule has 2 aliphatic carbocycles. The van der Waals surface area contributed by atoms with Gasteiger partial charge in [-0.25, -0.2) is 0 Å². The van der Waals surface area contributed by atoms with E-state index in [1.54, 1.807) is 13.8 Å². The third kappa shape index (κ3) is 2.32. The highest BCUT2D eigenvalue weighted by Crippen LogP contribution is 2.59. The van der Waals surface area contributed by atoms with Crippen LogP contribution in [0.4, 0.5) is 0 Å². The van der Waals surface area contributed by atoms with Crippen molar-refractivity contribution in [3.05, 3.63) is 34.9 Å². The van der Waals surface area contributed by atoms with Crippen molar-refractivity contribution in [1.29, 1.82) is 0 Å². The lowest BCUT2D eigenvalue weighted by atomic mass is 9.50. The van der Waals surface area contributed by atoms with Crippen LogP contribution in [0, 0.1) is 11.3 Å². The van der Waals surface area contributed by atoms with Gasteiger partial charge in [0.25, 0.3) is 0 Å². The summed E-state index contributed by atoms with van der Waals surface area (Å²) in [6.45, 7) is 10.7. The molecule has 3 unspecified atom stereocenters. The normalized spacial score (nSPS) is 34.0. The number of hydrogen-bond donors (Lipinski definition) is 2. The molecule has 2 N–H and O–H groups in total. The Kier molecular flexibility index (Phi) is 3.51. The van der Waals surface area contributed by atoms with E-state index in [2.05, 4.69) is 26.8 Å². The van der Waals surface area contributed by atoms with Gasteiger partial charge in [0.05, 0.1) is 11.7 Å². The molecule has 0 aromatic heterocycles. The summed E-state index contributed by atoms with van der Waals surface area (Å²) in [5.74, 6) is 0.518. The summed E-state index contributed by atoms with van der Waals surface area (Å²) in [7, 11) is 0. The molecule has 0 radical (unpaired) electrons. The van der Waals surface area contributed by atoms with Crippen LogP contribution < -0.4 is 0 Å². The van der Waals surface area contributed by atoms with Crippen LogP contribution in [0.1, 0.15) is 83.1 Å². The van der Waals surface area contributed by atoms with E-state index in [1.807, 2.05) is 12.1 Å². The highest BCUT2D eigenvalue weighted by molar-refractivity contribution is 5.43. The van der Waals surface area contributed by atoms with Gasteiger partial charge in [0.2, 0.25) is 0 Å². The molecule has 122 valence electrons. The average molecular weight is 302 g/mol. The van der Waals surface area contributed by atoms with Crippen LogP contribution in [0.25, 0.3) is 0 Å². The smallest absolute Gasteiger partial charge is 0.0840 e. The lowest BCUT2D eigenvalue weighted by Crippen LogP contribution is -2.48. The molecule has 0 spiro atoms. The molecule has 3 atom stereocenters. The van der Waals surface area contributed by atoms with Crippen molar-refractivity contribution in [3.63, 3.8) is 0 Å². The van der Waals surface area contributed by atoms with Crippen LogP contribution in [0.15, 0.2) is 18.2 Å². The number of aliphatic hydroxyl groups is 2. The third-order valence-electron chi connectivity index (χ3n) is 6.42. The molecular weight excluding hydrogens is 272 g/mol. The molecule has 2 aliphatic rings. The van der Waals surface area contributed by atoms with Crippen molar-refractivity contribution in [2.24, 2.45) is 11.3 Å². The molecular formula is C20H30O2. The van der Waals surface area contributed by atoms with E-state index in [9.17, 15) is 10.2 Å². The lowest BCUT2D eigenvalue weighted by Gasteiger charge is -2.55. The summed E-state index contributed by atoms with van der Waals surface area (Å²) in [6.07, 6.45) is 4.13. The van der Waals surface area contributed by atoms with Gasteiger partial charge in [0, 0.05) is 0 Å². The fourth-order valence-corrected chi connectivity index (χ4v) is 5.11. The summed E-state index contributed by atoms with van der Waals surface area (Å²) in [5.41, 5.74) is 2.79. The number of aliphatic hydroxyl groups excluding tert-OH is 1. The maximum absolute atomic E-state index is 10.8. The number of fused-ring (bicyclic) bond motifs is 3. The van der Waals surface area contributed by atoms with Gasteiger partial charge in [0.1, 0.15) is 0 Å². The largest absolute Gasteiger partial charge is 0.388 e. The molecule has 0 bridgehead atoms. The molecule has 3 rings (SSSR count). The Morgan fingerprint density at radius 2 is 1.82 bits per heavy atom. The first-order chi connectivity index (χ1) is 10.1. The van der Waals surface area contributed by atoms with E-state index in [0.29, 0.717) is 5.92 Å². The Balaban J connectivity index is 2.13. The van der Waals surface area contributed by atoms with Crippen molar-refractivity contribution >= 4 is 0 Å². The van der Waals surface area contributed by atoms with E-state index in [1.165, 1.54) is 24.8 Å². The topological polar surface area (TPSA) is 40.5 Å². The molecule has 2 nitrogen and oxygen atoms in total. The molecule has 0 saturated heterocycles. The van der Waals surface area contributed by atoms with Gasteiger partial charge in [0.15, 0.2) is 0 Å². The zero-order valence-electron chi connectivity index (χ0n) is 14.6. The standard InChI is InChI=1S/C20H30O2/c1-18(2)9-6-10-20(5)15-8-7-13(19(3,4)22)11-14(15)16(21)12-17(18)20/h7-8,11,16-17,21-22H,6,9-10,12H2,1-5H3. The van der Waals surface area contributed by atoms with Gasteiger partial charge in [-0.1, -0.05) is 45.4 Å². The third-order valence-corrected chi connectivity index (χ3v) is 6.42. The lowest BCUT2D eigenvalue weighted by molar-refractivity contribution is -0.00708. The molecule has 0 amide bonds. The Bertz CT molecular complexity index is 582. The summed E-state index contributed by atoms with van der Waals surface area (Å²) in [6, 6.07) is 6.24. The second kappa shape index (κ2) is 4.82. The van der Waals surface area contributed by atoms with Gasteiger partial charge in [-0.05, 0) is 66.5 Å². The van der Waals surface area contributed by atoms with Crippen LogP contribution in [0.3, 0.4) is 0 Å². The zero-order valence-corrected chi connectivity index (χ0v) is 14.6. The highest BCUT2D eigenvalue weighted by Gasteiger charge is 2.51. The predicted octanol–water partition coefficient (Wildman–Crippen LogP) is 4.44. The van der Waals surface area contributed by atoms with Crippen LogP contribution in [0.2, 0.25) is 0 Å². The van der Waals surface area contributed by atoms with Crippen molar-refractivity contribution in [3.8, 4) is 0 Å². The van der Waals surface area contributed by atoms with Gasteiger partial charge in [-0.3, -0.25) is 0 Å². The molecule has 1 aromatic rings. The van der Waals surface area contributed by atoms with E-state index in [4.69, 9.17) is 0 Å². The monoisotopic (exact) mass is 302 g/mol. The van der Waals surface area contributed by atoms with E-state index in [0.717, 1.165) is 17.5 Å². The predicted molar refractivity (Wildman–Crippen MR) is 89.7 cm³/mol. The van der Waals surface area contributed by atoms with Gasteiger partial charge in [-0.2, -0.15) is 0 Å². The van der Waals surface area contributed by atoms with E-state index >= 15 is 0 Å². The number of rotatable bonds is 1. The first kappa shape index (κ1) is 16.0. The molecule has 1 aromatic carbocycles. The van der Waals surface area contributed by atoms with Crippen molar-refractivity contribution in [2.75, 3.05) is 0 Å².